The summed E-state index contributed by atoms with van der Waals surface area (Å²) in [5.41, 5.74) is 5.55. The zero-order valence-electron chi connectivity index (χ0n) is 20.4. The Kier molecular flexibility index (Phi) is 5.42. The molecule has 0 radical (unpaired) electrons. The molecule has 1 fully saturated rings. The minimum absolute atomic E-state index is 0.302. The molecule has 0 atom stereocenters. The fourth-order valence-corrected chi connectivity index (χ4v) is 5.07. The third-order valence-corrected chi connectivity index (χ3v) is 6.89. The van der Waals surface area contributed by atoms with Crippen LogP contribution < -0.4 is 10.6 Å². The van der Waals surface area contributed by atoms with Gasteiger partial charge in [0.1, 0.15) is 11.5 Å². The lowest BCUT2D eigenvalue weighted by Crippen LogP contribution is -2.18. The van der Waals surface area contributed by atoms with Gasteiger partial charge in [0.2, 0.25) is 17.8 Å². The van der Waals surface area contributed by atoms with E-state index in [-0.39, 0.29) is 5.82 Å². The van der Waals surface area contributed by atoms with Crippen LogP contribution >= 0.6 is 0 Å². The first-order chi connectivity index (χ1) is 18.7. The number of fused-ring (bicyclic) bond motifs is 2. The predicted octanol–water partition coefficient (Wildman–Crippen LogP) is 5.97. The molecule has 0 unspecified atom stereocenters. The van der Waals surface area contributed by atoms with Crippen LogP contribution in [0.1, 0.15) is 25.7 Å². The standard InChI is InChI=1S/C28H24FN9/c29-18-11-9-17(10-12-18)25-24(23-14-16-31-28(38(23)37-25)32-19-5-1-2-6-19)22-13-15-30-26(35-22)36-27-33-20-7-3-4-8-21(20)34-27/h3-4,7-16,19H,1-2,5-6H2,(H,31,32)(H2,30,33,34,35,36). The maximum absolute atomic E-state index is 13.8. The van der Waals surface area contributed by atoms with Crippen LogP contribution in [0.5, 0.6) is 0 Å². The summed E-state index contributed by atoms with van der Waals surface area (Å²) in [4.78, 5) is 21.6. The van der Waals surface area contributed by atoms with Gasteiger partial charge in [-0.25, -0.2) is 24.3 Å². The highest BCUT2D eigenvalue weighted by molar-refractivity contribution is 5.91. The summed E-state index contributed by atoms with van der Waals surface area (Å²) in [5.74, 6) is 1.32. The minimum Gasteiger partial charge on any atom is -0.351 e. The van der Waals surface area contributed by atoms with Gasteiger partial charge in [-0.3, -0.25) is 5.32 Å². The Hall–Kier alpha value is -4.86. The van der Waals surface area contributed by atoms with Crippen molar-refractivity contribution in [2.45, 2.75) is 31.7 Å². The molecule has 9 nitrogen and oxygen atoms in total. The number of anilines is 3. The molecule has 2 aromatic carbocycles. The van der Waals surface area contributed by atoms with Gasteiger partial charge in [-0.2, -0.15) is 9.61 Å². The Balaban J connectivity index is 1.34. The number of H-pyrrole nitrogens is 1. The van der Waals surface area contributed by atoms with Gasteiger partial charge in [0.15, 0.2) is 0 Å². The first kappa shape index (κ1) is 22.3. The Bertz CT molecular complexity index is 1720. The normalized spacial score (nSPS) is 13.9. The number of nitrogens with one attached hydrogen (secondary N) is 3. The highest BCUT2D eigenvalue weighted by Gasteiger charge is 2.22. The Morgan fingerprint density at radius 1 is 0.895 bits per heavy atom. The number of hydrogen-bond donors (Lipinski definition) is 3. The summed E-state index contributed by atoms with van der Waals surface area (Å²) in [6.07, 6.45) is 8.12. The van der Waals surface area contributed by atoms with Crippen molar-refractivity contribution in [2.24, 2.45) is 0 Å². The van der Waals surface area contributed by atoms with Crippen molar-refractivity contribution in [3.63, 3.8) is 0 Å². The molecule has 188 valence electrons. The van der Waals surface area contributed by atoms with Crippen molar-refractivity contribution in [1.82, 2.24) is 34.5 Å². The lowest BCUT2D eigenvalue weighted by molar-refractivity contribution is 0.628. The third-order valence-electron chi connectivity index (χ3n) is 6.89. The van der Waals surface area contributed by atoms with E-state index in [1.807, 2.05) is 40.9 Å². The van der Waals surface area contributed by atoms with Crippen LogP contribution in [-0.4, -0.2) is 40.6 Å². The topological polar surface area (TPSA) is 109 Å². The molecule has 6 aromatic rings. The van der Waals surface area contributed by atoms with E-state index in [0.717, 1.165) is 40.5 Å². The van der Waals surface area contributed by atoms with Gasteiger partial charge in [-0.15, -0.1) is 0 Å². The van der Waals surface area contributed by atoms with E-state index in [2.05, 4.69) is 30.6 Å². The van der Waals surface area contributed by atoms with Crippen molar-refractivity contribution >= 4 is 34.4 Å². The molecule has 4 heterocycles. The van der Waals surface area contributed by atoms with Gasteiger partial charge in [0.25, 0.3) is 0 Å². The largest absolute Gasteiger partial charge is 0.351 e. The molecule has 38 heavy (non-hydrogen) atoms. The molecule has 7 rings (SSSR count). The van der Waals surface area contributed by atoms with Crippen LogP contribution in [0.2, 0.25) is 0 Å². The third kappa shape index (κ3) is 4.09. The molecule has 10 heteroatoms. The summed E-state index contributed by atoms with van der Waals surface area (Å²) in [7, 11) is 0. The van der Waals surface area contributed by atoms with Crippen LogP contribution in [0.3, 0.4) is 0 Å². The summed E-state index contributed by atoms with van der Waals surface area (Å²) in [6, 6.07) is 18.3. The number of aromatic amines is 1. The Morgan fingerprint density at radius 3 is 2.55 bits per heavy atom. The number of halogens is 1. The molecule has 0 amide bonds. The van der Waals surface area contributed by atoms with Gasteiger partial charge >= 0.3 is 0 Å². The lowest BCUT2D eigenvalue weighted by atomic mass is 10.0. The second kappa shape index (κ2) is 9.22. The summed E-state index contributed by atoms with van der Waals surface area (Å²) in [6.45, 7) is 0. The van der Waals surface area contributed by atoms with Gasteiger partial charge in [0, 0.05) is 24.0 Å². The highest BCUT2D eigenvalue weighted by atomic mass is 19.1. The molecule has 1 aliphatic carbocycles. The molecule has 0 aliphatic heterocycles. The summed E-state index contributed by atoms with van der Waals surface area (Å²) >= 11 is 0. The second-order valence-electron chi connectivity index (χ2n) is 9.41. The van der Waals surface area contributed by atoms with E-state index < -0.39 is 0 Å². The number of rotatable bonds is 6. The van der Waals surface area contributed by atoms with Crippen molar-refractivity contribution in [1.29, 1.82) is 0 Å². The van der Waals surface area contributed by atoms with E-state index in [1.54, 1.807) is 24.5 Å². The SMILES string of the molecule is Fc1ccc(-c2nn3c(NC4CCCC4)nccc3c2-c2ccnc(Nc3nc4ccccc4[nH]3)n2)cc1. The van der Waals surface area contributed by atoms with E-state index in [1.165, 1.54) is 25.0 Å². The molecule has 0 saturated heterocycles. The molecule has 1 aliphatic rings. The van der Waals surface area contributed by atoms with E-state index in [0.29, 0.717) is 35.3 Å². The van der Waals surface area contributed by atoms with Crippen molar-refractivity contribution in [2.75, 3.05) is 10.6 Å². The van der Waals surface area contributed by atoms with Crippen LogP contribution in [0, 0.1) is 5.82 Å². The molecule has 0 bridgehead atoms. The molecule has 4 aromatic heterocycles. The van der Waals surface area contributed by atoms with Crippen LogP contribution in [0.15, 0.2) is 73.1 Å². The zero-order valence-corrected chi connectivity index (χ0v) is 20.4. The first-order valence-electron chi connectivity index (χ1n) is 12.7. The fourth-order valence-electron chi connectivity index (χ4n) is 5.07. The monoisotopic (exact) mass is 505 g/mol. The highest BCUT2D eigenvalue weighted by Crippen LogP contribution is 2.36. The molecule has 1 saturated carbocycles. The average Bonchev–Trinajstić information content (AvgIpc) is 3.68. The van der Waals surface area contributed by atoms with E-state index in [9.17, 15) is 4.39 Å². The summed E-state index contributed by atoms with van der Waals surface area (Å²) in [5, 5.41) is 11.7. The fraction of sp³-hybridized carbons (Fsp3) is 0.179. The van der Waals surface area contributed by atoms with Crippen molar-refractivity contribution in [3.8, 4) is 22.5 Å². The van der Waals surface area contributed by atoms with Crippen LogP contribution in [-0.2, 0) is 0 Å². The number of aromatic nitrogens is 7. The van der Waals surface area contributed by atoms with Gasteiger partial charge in [0.05, 0.1) is 27.8 Å². The maximum atomic E-state index is 13.8. The molecular formula is C28H24FN9. The second-order valence-corrected chi connectivity index (χ2v) is 9.41. The number of nitrogens with zero attached hydrogens (tertiary/aromatic N) is 6. The lowest BCUT2D eigenvalue weighted by Gasteiger charge is -2.13. The van der Waals surface area contributed by atoms with Gasteiger partial charge < -0.3 is 10.3 Å². The summed E-state index contributed by atoms with van der Waals surface area (Å²) < 4.78 is 15.6. The minimum atomic E-state index is -0.302. The van der Waals surface area contributed by atoms with E-state index in [4.69, 9.17) is 10.1 Å². The van der Waals surface area contributed by atoms with Crippen LogP contribution in [0.4, 0.5) is 22.2 Å². The first-order valence-corrected chi connectivity index (χ1v) is 12.7. The van der Waals surface area contributed by atoms with Crippen molar-refractivity contribution < 1.29 is 4.39 Å². The van der Waals surface area contributed by atoms with Crippen LogP contribution in [0.25, 0.3) is 39.1 Å². The zero-order chi connectivity index (χ0) is 25.5. The average molecular weight is 506 g/mol. The maximum Gasteiger partial charge on any atom is 0.230 e. The number of para-hydroxylation sites is 2. The van der Waals surface area contributed by atoms with Gasteiger partial charge in [-0.1, -0.05) is 25.0 Å². The smallest absolute Gasteiger partial charge is 0.230 e. The van der Waals surface area contributed by atoms with E-state index >= 15 is 0 Å². The quantitative estimate of drug-likeness (QED) is 0.256. The predicted molar refractivity (Wildman–Crippen MR) is 145 cm³/mol. The molecular weight excluding hydrogens is 481 g/mol. The Labute approximate surface area is 217 Å². The van der Waals surface area contributed by atoms with Crippen molar-refractivity contribution in [3.05, 3.63) is 78.9 Å². The van der Waals surface area contributed by atoms with Gasteiger partial charge in [-0.05, 0) is 61.4 Å². The molecule has 0 spiro atoms. The number of imidazole rings is 1. The number of benzene rings is 2. The Morgan fingerprint density at radius 2 is 1.71 bits per heavy atom. The number of hydrogen-bond acceptors (Lipinski definition) is 7. The molecule has 3 N–H and O–H groups in total.